The lowest BCUT2D eigenvalue weighted by molar-refractivity contribution is -0.383. The van der Waals surface area contributed by atoms with Gasteiger partial charge in [0.2, 0.25) is 11.6 Å². The summed E-state index contributed by atoms with van der Waals surface area (Å²) in [5.41, 5.74) is -0.0709. The number of nitro groups is 1. The lowest BCUT2D eigenvalue weighted by atomic mass is 10.1. The fourth-order valence-corrected chi connectivity index (χ4v) is 3.43. The molecule has 0 aromatic carbocycles. The minimum Gasteiger partial charge on any atom is -0.450 e. The molecule has 0 saturated carbocycles. The van der Waals surface area contributed by atoms with E-state index in [4.69, 9.17) is 4.74 Å². The third kappa shape index (κ3) is 5.91. The van der Waals surface area contributed by atoms with E-state index >= 15 is 0 Å². The third-order valence-electron chi connectivity index (χ3n) is 4.54. The van der Waals surface area contributed by atoms with Gasteiger partial charge in [0.25, 0.3) is 0 Å². The number of amides is 1. The van der Waals surface area contributed by atoms with Gasteiger partial charge in [-0.2, -0.15) is 0 Å². The van der Waals surface area contributed by atoms with Crippen LogP contribution in [0.2, 0.25) is 0 Å². The van der Waals surface area contributed by atoms with Crippen LogP contribution in [0.25, 0.3) is 0 Å². The van der Waals surface area contributed by atoms with Crippen LogP contribution in [0.4, 0.5) is 22.1 Å². The Morgan fingerprint density at radius 2 is 1.76 bits per heavy atom. The van der Waals surface area contributed by atoms with E-state index in [0.29, 0.717) is 69.3 Å². The van der Waals surface area contributed by atoms with Gasteiger partial charge in [0, 0.05) is 39.3 Å². The van der Waals surface area contributed by atoms with E-state index < -0.39 is 4.92 Å². The van der Waals surface area contributed by atoms with Crippen LogP contribution in [-0.2, 0) is 4.74 Å². The Hall–Kier alpha value is -2.65. The Morgan fingerprint density at radius 3 is 2.24 bits per heavy atom. The summed E-state index contributed by atoms with van der Waals surface area (Å²) in [4.78, 5) is 37.5. The number of carbonyl (C=O) groups excluding carboxylic acids is 1. The molecule has 0 spiro atoms. The maximum absolute atomic E-state index is 12.0. The van der Waals surface area contributed by atoms with Crippen molar-refractivity contribution in [2.75, 3.05) is 55.7 Å². The van der Waals surface area contributed by atoms with Crippen molar-refractivity contribution in [3.8, 4) is 0 Å². The standard InChI is InChI=1S/C19H32N6O4/c1-6-29-19(26)23-9-7-22(8-10-23)17-16(25(27)28)18(21-13-20-17)24(11-14(2)3)12-15(4)5/h13-15H,6-12H2,1-5H3. The second-order valence-corrected chi connectivity index (χ2v) is 7.99. The molecule has 1 aliphatic rings. The van der Waals surface area contributed by atoms with Crippen molar-refractivity contribution in [2.45, 2.75) is 34.6 Å². The highest BCUT2D eigenvalue weighted by molar-refractivity contribution is 5.72. The van der Waals surface area contributed by atoms with Crippen molar-refractivity contribution in [1.29, 1.82) is 0 Å². The van der Waals surface area contributed by atoms with Crippen LogP contribution >= 0.6 is 0 Å². The van der Waals surface area contributed by atoms with E-state index in [0.717, 1.165) is 0 Å². The third-order valence-corrected chi connectivity index (χ3v) is 4.54. The molecular weight excluding hydrogens is 376 g/mol. The number of rotatable bonds is 8. The van der Waals surface area contributed by atoms with Crippen molar-refractivity contribution < 1.29 is 14.5 Å². The van der Waals surface area contributed by atoms with Gasteiger partial charge in [0.15, 0.2) is 0 Å². The molecule has 0 radical (unpaired) electrons. The van der Waals surface area contributed by atoms with Gasteiger partial charge in [-0.25, -0.2) is 14.8 Å². The fourth-order valence-electron chi connectivity index (χ4n) is 3.43. The highest BCUT2D eigenvalue weighted by atomic mass is 16.6. The highest BCUT2D eigenvalue weighted by Crippen LogP contribution is 2.35. The van der Waals surface area contributed by atoms with Crippen LogP contribution in [0.5, 0.6) is 0 Å². The molecule has 0 N–H and O–H groups in total. The molecule has 0 aliphatic carbocycles. The smallest absolute Gasteiger partial charge is 0.409 e. The van der Waals surface area contributed by atoms with Crippen LogP contribution in [0.3, 0.4) is 0 Å². The molecule has 0 atom stereocenters. The molecule has 0 unspecified atom stereocenters. The van der Waals surface area contributed by atoms with Crippen molar-refractivity contribution in [3.05, 3.63) is 16.4 Å². The van der Waals surface area contributed by atoms with Gasteiger partial charge in [0.05, 0.1) is 11.5 Å². The lowest BCUT2D eigenvalue weighted by Crippen LogP contribution is -2.49. The highest BCUT2D eigenvalue weighted by Gasteiger charge is 2.32. The lowest BCUT2D eigenvalue weighted by Gasteiger charge is -2.35. The van der Waals surface area contributed by atoms with Crippen LogP contribution < -0.4 is 9.80 Å². The van der Waals surface area contributed by atoms with Gasteiger partial charge >= 0.3 is 11.8 Å². The van der Waals surface area contributed by atoms with Crippen LogP contribution in [0, 0.1) is 22.0 Å². The van der Waals surface area contributed by atoms with E-state index in [2.05, 4.69) is 37.7 Å². The number of hydrogen-bond acceptors (Lipinski definition) is 8. The van der Waals surface area contributed by atoms with E-state index in [1.165, 1.54) is 6.33 Å². The minimum atomic E-state index is -0.393. The average molecular weight is 409 g/mol. The molecule has 162 valence electrons. The molecule has 1 saturated heterocycles. The van der Waals surface area contributed by atoms with Gasteiger partial charge in [-0.3, -0.25) is 10.1 Å². The van der Waals surface area contributed by atoms with Gasteiger partial charge in [-0.15, -0.1) is 0 Å². The topological polar surface area (TPSA) is 105 Å². The summed E-state index contributed by atoms with van der Waals surface area (Å²) in [6.45, 7) is 13.5. The summed E-state index contributed by atoms with van der Waals surface area (Å²) in [6.07, 6.45) is 1.04. The van der Waals surface area contributed by atoms with Crippen LogP contribution in [0.1, 0.15) is 34.6 Å². The Labute approximate surface area is 172 Å². The number of aromatic nitrogens is 2. The summed E-state index contributed by atoms with van der Waals surface area (Å²) in [5, 5.41) is 12.0. The fraction of sp³-hybridized carbons (Fsp3) is 0.737. The van der Waals surface area contributed by atoms with Crippen LogP contribution in [0.15, 0.2) is 6.33 Å². The number of carbonyl (C=O) groups is 1. The molecule has 1 aromatic rings. The zero-order valence-electron chi connectivity index (χ0n) is 18.0. The molecule has 1 fully saturated rings. The SMILES string of the molecule is CCOC(=O)N1CCN(c2ncnc(N(CC(C)C)CC(C)C)c2[N+](=O)[O-])CC1. The van der Waals surface area contributed by atoms with Crippen molar-refractivity contribution in [2.24, 2.45) is 11.8 Å². The number of nitrogens with zero attached hydrogens (tertiary/aromatic N) is 6. The molecule has 0 bridgehead atoms. The Kier molecular flexibility index (Phi) is 7.98. The maximum Gasteiger partial charge on any atom is 0.409 e. The average Bonchev–Trinajstić information content (AvgIpc) is 2.66. The first kappa shape index (κ1) is 22.6. The molecule has 2 rings (SSSR count). The van der Waals surface area contributed by atoms with Crippen molar-refractivity contribution >= 4 is 23.4 Å². The monoisotopic (exact) mass is 408 g/mol. The van der Waals surface area contributed by atoms with E-state index in [1.54, 1.807) is 11.8 Å². The van der Waals surface area contributed by atoms with Gasteiger partial charge in [0.1, 0.15) is 6.33 Å². The predicted molar refractivity (Wildman–Crippen MR) is 111 cm³/mol. The van der Waals surface area contributed by atoms with E-state index in [-0.39, 0.29) is 11.8 Å². The summed E-state index contributed by atoms with van der Waals surface area (Å²) in [5.74, 6) is 1.33. The summed E-state index contributed by atoms with van der Waals surface area (Å²) >= 11 is 0. The molecule has 10 nitrogen and oxygen atoms in total. The number of piperazine rings is 1. The van der Waals surface area contributed by atoms with E-state index in [1.807, 2.05) is 9.80 Å². The second-order valence-electron chi connectivity index (χ2n) is 7.99. The molecule has 29 heavy (non-hydrogen) atoms. The molecule has 1 amide bonds. The number of anilines is 2. The first-order valence-corrected chi connectivity index (χ1v) is 10.2. The number of hydrogen-bond donors (Lipinski definition) is 0. The second kappa shape index (κ2) is 10.2. The summed E-state index contributed by atoms with van der Waals surface area (Å²) in [7, 11) is 0. The molecule has 1 aliphatic heterocycles. The zero-order chi connectivity index (χ0) is 21.6. The quantitative estimate of drug-likeness (QED) is 0.478. The Balaban J connectivity index is 2.31. The molecule has 10 heteroatoms. The Morgan fingerprint density at radius 1 is 1.17 bits per heavy atom. The minimum absolute atomic E-state index is 0.0709. The normalized spacial score (nSPS) is 14.4. The predicted octanol–water partition coefficient (Wildman–Crippen LogP) is 2.78. The summed E-state index contributed by atoms with van der Waals surface area (Å²) < 4.78 is 5.04. The Bertz CT molecular complexity index is 694. The van der Waals surface area contributed by atoms with E-state index in [9.17, 15) is 14.9 Å². The van der Waals surface area contributed by atoms with Crippen LogP contribution in [-0.4, -0.2) is 71.8 Å². The summed E-state index contributed by atoms with van der Waals surface area (Å²) in [6, 6.07) is 0. The van der Waals surface area contributed by atoms with Gasteiger partial charge < -0.3 is 19.4 Å². The zero-order valence-corrected chi connectivity index (χ0v) is 18.0. The van der Waals surface area contributed by atoms with Gasteiger partial charge in [-0.05, 0) is 18.8 Å². The first-order valence-electron chi connectivity index (χ1n) is 10.2. The molecular formula is C19H32N6O4. The van der Waals surface area contributed by atoms with Gasteiger partial charge in [-0.1, -0.05) is 27.7 Å². The molecule has 2 heterocycles. The first-order chi connectivity index (χ1) is 13.7. The largest absolute Gasteiger partial charge is 0.450 e. The number of ether oxygens (including phenoxy) is 1. The molecule has 1 aromatic heterocycles. The maximum atomic E-state index is 12.0. The van der Waals surface area contributed by atoms with Crippen molar-refractivity contribution in [1.82, 2.24) is 14.9 Å². The van der Waals surface area contributed by atoms with Crippen molar-refractivity contribution in [3.63, 3.8) is 0 Å².